The van der Waals surface area contributed by atoms with Gasteiger partial charge in [0.2, 0.25) is 0 Å². The van der Waals surface area contributed by atoms with E-state index in [1.165, 1.54) is 23.9 Å². The SMILES string of the molecule is CCOc1ccc(-c2ccc(C=C3SC(=Nc4ccc(CC(=O)[N-]S(=O)(=O)c5ccc(C)cc5)cc4)NC3=O)cc2)cc1.[Na+]. The number of carbonyl (C=O) groups excluding carboxylic acids is 2. The first-order chi connectivity index (χ1) is 20.7. The molecule has 5 rings (SSSR count). The number of sulfonamides is 1. The number of ether oxygens (including phenoxy) is 1. The van der Waals surface area contributed by atoms with Gasteiger partial charge in [0.1, 0.15) is 15.8 Å². The molecule has 0 spiro atoms. The van der Waals surface area contributed by atoms with E-state index in [1.54, 1.807) is 36.4 Å². The Bertz CT molecular complexity index is 1800. The standard InChI is InChI=1S/C33H29N3O5S2.Na/c1-3-41-28-16-12-26(13-17-28)25-10-6-23(7-11-25)20-30-32(38)35-33(42-30)34-27-14-8-24(9-15-27)21-31(37)36-43(39,40)29-18-4-22(2)5-19-29;/h4-20H,3,21H2,1-2H3,(H2,34,35,36,37,38);/q;+1/p-1. The Morgan fingerprint density at radius 3 is 2.14 bits per heavy atom. The summed E-state index contributed by atoms with van der Waals surface area (Å²) < 4.78 is 33.8. The van der Waals surface area contributed by atoms with Crippen molar-refractivity contribution in [1.82, 2.24) is 5.32 Å². The molecule has 8 nitrogen and oxygen atoms in total. The number of aliphatic imine (C=N–C) groups is 1. The maximum absolute atomic E-state index is 12.6. The van der Waals surface area contributed by atoms with E-state index >= 15 is 0 Å². The largest absolute Gasteiger partial charge is 1.00 e. The molecule has 0 saturated carbocycles. The maximum Gasteiger partial charge on any atom is 1.00 e. The molecule has 0 radical (unpaired) electrons. The van der Waals surface area contributed by atoms with Crippen LogP contribution in [-0.2, 0) is 26.0 Å². The zero-order chi connectivity index (χ0) is 30.4. The molecule has 4 aromatic rings. The molecule has 1 aliphatic heterocycles. The van der Waals surface area contributed by atoms with Crippen molar-refractivity contribution in [3.63, 3.8) is 0 Å². The Hall–Kier alpha value is -3.67. The Kier molecular flexibility index (Phi) is 11.2. The van der Waals surface area contributed by atoms with E-state index in [0.717, 1.165) is 28.0 Å². The molecule has 44 heavy (non-hydrogen) atoms. The van der Waals surface area contributed by atoms with Crippen LogP contribution in [0, 0.1) is 6.92 Å². The minimum Gasteiger partial charge on any atom is -0.541 e. The van der Waals surface area contributed by atoms with E-state index in [2.05, 4.69) is 15.0 Å². The van der Waals surface area contributed by atoms with Crippen molar-refractivity contribution < 1.29 is 52.3 Å². The molecule has 0 aliphatic carbocycles. The van der Waals surface area contributed by atoms with Gasteiger partial charge in [-0.1, -0.05) is 66.2 Å². The summed E-state index contributed by atoms with van der Waals surface area (Å²) >= 11 is 1.24. The van der Waals surface area contributed by atoms with E-state index < -0.39 is 15.9 Å². The predicted molar refractivity (Wildman–Crippen MR) is 171 cm³/mol. The van der Waals surface area contributed by atoms with Gasteiger partial charge in [-0.15, -0.1) is 0 Å². The molecule has 0 unspecified atom stereocenters. The average Bonchev–Trinajstić information content (AvgIpc) is 3.33. The zero-order valence-corrected chi connectivity index (χ0v) is 28.1. The number of rotatable bonds is 9. The molecule has 0 aromatic heterocycles. The second-order valence-corrected chi connectivity index (χ2v) is 12.3. The number of aryl methyl sites for hydroxylation is 1. The molecule has 1 heterocycles. The summed E-state index contributed by atoms with van der Waals surface area (Å²) in [6.45, 7) is 4.41. The Morgan fingerprint density at radius 2 is 1.52 bits per heavy atom. The van der Waals surface area contributed by atoms with Crippen LogP contribution in [0.25, 0.3) is 21.9 Å². The van der Waals surface area contributed by atoms with Crippen LogP contribution in [0.2, 0.25) is 0 Å². The number of thioether (sulfide) groups is 1. The number of carbonyl (C=O) groups is 2. The first kappa shape index (κ1) is 33.2. The van der Waals surface area contributed by atoms with Gasteiger partial charge in [-0.25, -0.2) is 13.4 Å². The Labute approximate surface area is 283 Å². The van der Waals surface area contributed by atoms with Gasteiger partial charge in [-0.05, 0) is 90.3 Å². The van der Waals surface area contributed by atoms with E-state index in [0.29, 0.717) is 27.9 Å². The third-order valence-corrected chi connectivity index (χ3v) is 8.64. The van der Waals surface area contributed by atoms with Crippen LogP contribution in [0.1, 0.15) is 23.6 Å². The van der Waals surface area contributed by atoms with E-state index in [1.807, 2.05) is 68.5 Å². The summed E-state index contributed by atoms with van der Waals surface area (Å²) in [6, 6.07) is 28.7. The summed E-state index contributed by atoms with van der Waals surface area (Å²) in [5.74, 6) is -0.169. The molecule has 1 N–H and O–H groups in total. The Balaban J connectivity index is 0.00000442. The zero-order valence-electron chi connectivity index (χ0n) is 24.5. The van der Waals surface area contributed by atoms with Crippen LogP contribution in [0.5, 0.6) is 5.75 Å². The quantitative estimate of drug-likeness (QED) is 0.222. The van der Waals surface area contributed by atoms with E-state index in [4.69, 9.17) is 4.74 Å². The van der Waals surface area contributed by atoms with Crippen LogP contribution >= 0.6 is 11.8 Å². The molecule has 2 amide bonds. The number of hydrogen-bond donors (Lipinski definition) is 1. The fraction of sp³-hybridized carbons (Fsp3) is 0.121. The van der Waals surface area contributed by atoms with Gasteiger partial charge in [-0.3, -0.25) is 4.79 Å². The number of benzene rings is 4. The average molecular weight is 634 g/mol. The van der Waals surface area contributed by atoms with E-state index in [-0.39, 0.29) is 46.8 Å². The van der Waals surface area contributed by atoms with Gasteiger partial charge in [-0.2, -0.15) is 0 Å². The predicted octanol–water partition coefficient (Wildman–Crippen LogP) is 3.79. The molecule has 1 aliphatic rings. The van der Waals surface area contributed by atoms with Crippen molar-refractivity contribution in [3.05, 3.63) is 123 Å². The second-order valence-electron chi connectivity index (χ2n) is 9.68. The molecule has 0 atom stereocenters. The molecule has 1 saturated heterocycles. The smallest absolute Gasteiger partial charge is 0.541 e. The van der Waals surface area contributed by atoms with Crippen molar-refractivity contribution >= 4 is 50.5 Å². The summed E-state index contributed by atoms with van der Waals surface area (Å²) in [4.78, 5) is 29.9. The third kappa shape index (κ3) is 8.71. The summed E-state index contributed by atoms with van der Waals surface area (Å²) in [5, 5.41) is 3.21. The fourth-order valence-electron chi connectivity index (χ4n) is 4.22. The minimum absolute atomic E-state index is 0. The molecular weight excluding hydrogens is 606 g/mol. The number of nitrogens with zero attached hydrogens (tertiary/aromatic N) is 2. The van der Waals surface area contributed by atoms with E-state index in [9.17, 15) is 18.0 Å². The van der Waals surface area contributed by atoms with Crippen molar-refractivity contribution in [2.24, 2.45) is 4.99 Å². The van der Waals surface area contributed by atoms with Crippen molar-refractivity contribution in [3.8, 4) is 16.9 Å². The third-order valence-electron chi connectivity index (χ3n) is 6.42. The van der Waals surface area contributed by atoms with Crippen molar-refractivity contribution in [2.75, 3.05) is 6.61 Å². The molecule has 218 valence electrons. The van der Waals surface area contributed by atoms with Crippen LogP contribution < -0.4 is 39.6 Å². The van der Waals surface area contributed by atoms with Gasteiger partial charge < -0.3 is 19.6 Å². The molecular formula is C33H28N3NaO5S2. The van der Waals surface area contributed by atoms with Crippen molar-refractivity contribution in [2.45, 2.75) is 25.2 Å². The normalized spacial score (nSPS) is 14.6. The summed E-state index contributed by atoms with van der Waals surface area (Å²) in [7, 11) is -4.07. The Morgan fingerprint density at radius 1 is 0.909 bits per heavy atom. The second kappa shape index (κ2) is 14.9. The summed E-state index contributed by atoms with van der Waals surface area (Å²) in [6.07, 6.45) is 1.64. The van der Waals surface area contributed by atoms with Crippen LogP contribution in [-0.4, -0.2) is 32.0 Å². The van der Waals surface area contributed by atoms with Gasteiger partial charge in [0.25, 0.3) is 5.91 Å². The van der Waals surface area contributed by atoms with Gasteiger partial charge in [0.05, 0.1) is 28.0 Å². The fourth-order valence-corrected chi connectivity index (χ4v) is 5.98. The van der Waals surface area contributed by atoms with Gasteiger partial charge in [0.15, 0.2) is 5.17 Å². The first-order valence-electron chi connectivity index (χ1n) is 13.5. The van der Waals surface area contributed by atoms with Crippen molar-refractivity contribution in [1.29, 1.82) is 0 Å². The van der Waals surface area contributed by atoms with Crippen LogP contribution in [0.15, 0.2) is 112 Å². The monoisotopic (exact) mass is 633 g/mol. The molecule has 11 heteroatoms. The topological polar surface area (TPSA) is 116 Å². The number of amidine groups is 1. The van der Waals surface area contributed by atoms with Crippen LogP contribution in [0.4, 0.5) is 5.69 Å². The number of hydrogen-bond acceptors (Lipinski definition) is 7. The number of amides is 2. The van der Waals surface area contributed by atoms with Gasteiger partial charge >= 0.3 is 29.6 Å². The molecule has 4 aromatic carbocycles. The summed E-state index contributed by atoms with van der Waals surface area (Å²) in [5.41, 5.74) is 5.09. The minimum atomic E-state index is -4.07. The van der Waals surface area contributed by atoms with Crippen LogP contribution in [0.3, 0.4) is 0 Å². The first-order valence-corrected chi connectivity index (χ1v) is 15.7. The maximum atomic E-state index is 12.6. The molecule has 0 bridgehead atoms. The molecule has 1 fully saturated rings. The number of nitrogens with one attached hydrogen (secondary N) is 1. The van der Waals surface area contributed by atoms with Gasteiger partial charge in [0, 0.05) is 6.42 Å².